The summed E-state index contributed by atoms with van der Waals surface area (Å²) >= 11 is 0. The summed E-state index contributed by atoms with van der Waals surface area (Å²) in [5.74, 6) is 0. The smallest absolute Gasteiger partial charge is 0.136 e. The Morgan fingerprint density at radius 1 is 0.248 bits per heavy atom. The molecule has 0 radical (unpaired) electrons. The first-order valence-corrected chi connectivity index (χ1v) is 35.7. The Balaban J connectivity index is 0.678. The predicted molar refractivity (Wildman–Crippen MR) is 431 cm³/mol. The highest BCUT2D eigenvalue weighted by Gasteiger charge is 2.25. The van der Waals surface area contributed by atoms with Gasteiger partial charge in [-0.05, 0) is 205 Å². The fourth-order valence-corrected chi connectivity index (χ4v) is 17.8. The molecule has 0 aliphatic heterocycles. The lowest BCUT2D eigenvalue weighted by Gasteiger charge is -2.09. The minimum atomic E-state index is 0.613. The number of aromatic nitrogens is 3. The normalized spacial score (nSPS) is 13.0. The van der Waals surface area contributed by atoms with Crippen molar-refractivity contribution in [1.82, 2.24) is 13.7 Å². The Labute approximate surface area is 595 Å². The standard InChI is InChI=1S/C96H55N3O6/c1-53(55-29-35-80-68(48-55)92-86(101-80)41-44-89-95(92)71-51-59(32-38-83(71)104-89)98-75-22-10-4-16-63(75)64-17-5-11-23-76(64)98)46-56(57-30-36-81-69(49-57)93-87(102-81)42-45-90-96(93)72-52-60(33-39-84(72)105-90)99-77-24-12-6-18-65(77)66-19-7-13-25-78(66)99)28-26-54-27-34-79-67(47-54)91-85(100-79)40-43-88-94(91)70-50-58(31-37-82(70)103-88)97-73-20-8-2-14-61(73)62-15-3-9-21-74(62)97/h2-25,27-52H,26H2,1H3/b53-46+,56-28+. The zero-order valence-electron chi connectivity index (χ0n) is 56.4. The van der Waals surface area contributed by atoms with Crippen molar-refractivity contribution in [3.8, 4) is 17.1 Å². The van der Waals surface area contributed by atoms with Crippen molar-refractivity contribution in [2.75, 3.05) is 0 Å². The van der Waals surface area contributed by atoms with Gasteiger partial charge in [-0.25, -0.2) is 0 Å². The molecule has 0 saturated carbocycles. The van der Waals surface area contributed by atoms with Crippen molar-refractivity contribution >= 4 is 208 Å². The van der Waals surface area contributed by atoms with Crippen LogP contribution in [0.15, 0.2) is 330 Å². The molecule has 0 bridgehead atoms. The van der Waals surface area contributed by atoms with Crippen molar-refractivity contribution in [3.05, 3.63) is 320 Å². The molecule has 105 heavy (non-hydrogen) atoms. The lowest BCUT2D eigenvalue weighted by atomic mass is 9.95. The fourth-order valence-electron chi connectivity index (χ4n) is 17.8. The van der Waals surface area contributed by atoms with E-state index in [9.17, 15) is 0 Å². The molecule has 9 heteroatoms. The Hall–Kier alpha value is -14.0. The maximum atomic E-state index is 6.85. The third-order valence-corrected chi connectivity index (χ3v) is 22.4. The van der Waals surface area contributed by atoms with E-state index in [0.717, 1.165) is 210 Å². The molecule has 0 aliphatic rings. The van der Waals surface area contributed by atoms with Crippen LogP contribution in [0.1, 0.15) is 23.6 Å². The number of hydrogen-bond donors (Lipinski definition) is 0. The largest absolute Gasteiger partial charge is 0.456 e. The number of rotatable bonds is 8. The number of fused-ring (bicyclic) bond motifs is 30. The van der Waals surface area contributed by atoms with Gasteiger partial charge in [0.2, 0.25) is 0 Å². The maximum Gasteiger partial charge on any atom is 0.136 e. The number of nitrogens with zero attached hydrogens (tertiary/aromatic N) is 3. The van der Waals surface area contributed by atoms with Crippen molar-refractivity contribution in [1.29, 1.82) is 0 Å². The van der Waals surface area contributed by atoms with E-state index in [1.807, 2.05) is 30.3 Å². The monoisotopic (exact) mass is 1350 g/mol. The number of furan rings is 6. The van der Waals surface area contributed by atoms with Gasteiger partial charge in [0.1, 0.15) is 67.0 Å². The first-order valence-electron chi connectivity index (χ1n) is 35.7. The molecule has 24 rings (SSSR count). The van der Waals surface area contributed by atoms with Gasteiger partial charge in [-0.1, -0.05) is 140 Å². The molecular weight excluding hydrogens is 1290 g/mol. The van der Waals surface area contributed by atoms with E-state index in [1.54, 1.807) is 0 Å². The second kappa shape index (κ2) is 21.0. The number of allylic oxidation sites excluding steroid dienone is 4. The average Bonchev–Trinajstić information content (AvgIpc) is 1.59. The van der Waals surface area contributed by atoms with Crippen LogP contribution in [0.3, 0.4) is 0 Å². The highest BCUT2D eigenvalue weighted by atomic mass is 16.4. The molecule has 9 heterocycles. The Morgan fingerprint density at radius 3 is 0.838 bits per heavy atom. The van der Waals surface area contributed by atoms with E-state index in [-0.39, 0.29) is 0 Å². The summed E-state index contributed by atoms with van der Waals surface area (Å²) in [6.07, 6.45) is 5.33. The van der Waals surface area contributed by atoms with E-state index >= 15 is 0 Å². The van der Waals surface area contributed by atoms with E-state index in [4.69, 9.17) is 26.5 Å². The van der Waals surface area contributed by atoms with Crippen molar-refractivity contribution in [2.24, 2.45) is 0 Å². The van der Waals surface area contributed by atoms with Gasteiger partial charge in [-0.3, -0.25) is 0 Å². The summed E-state index contributed by atoms with van der Waals surface area (Å²) in [6.45, 7) is 2.22. The molecule has 0 spiro atoms. The predicted octanol–water partition coefficient (Wildman–Crippen LogP) is 27.1. The van der Waals surface area contributed by atoms with Crippen LogP contribution in [-0.2, 0) is 6.42 Å². The zero-order chi connectivity index (χ0) is 68.4. The highest BCUT2D eigenvalue weighted by molar-refractivity contribution is 6.29. The minimum absolute atomic E-state index is 0.613. The van der Waals surface area contributed by atoms with Gasteiger partial charge in [-0.2, -0.15) is 0 Å². The summed E-state index contributed by atoms with van der Waals surface area (Å²) in [7, 11) is 0. The SMILES string of the molecule is C/C(=C\C(=C/Cc1ccc2oc3ccc4oc5ccc(-n6c7ccccc7c7ccccc76)cc5c4c3c2c1)c1ccc2oc3ccc4oc5ccc(-n6c7ccccc7c7ccccc76)cc5c4c3c2c1)c1ccc2oc3ccc4oc5ccc(-n6c7ccccc7c7ccccc76)cc5c4c3c2c1. The van der Waals surface area contributed by atoms with Gasteiger partial charge in [0.05, 0.1) is 33.1 Å². The lowest BCUT2D eigenvalue weighted by Crippen LogP contribution is -1.93. The molecule has 0 saturated heterocycles. The number of hydrogen-bond acceptors (Lipinski definition) is 6. The first kappa shape index (κ1) is 56.7. The lowest BCUT2D eigenvalue weighted by molar-refractivity contribution is 0.663. The van der Waals surface area contributed by atoms with Gasteiger partial charge in [-0.15, -0.1) is 0 Å². The minimum Gasteiger partial charge on any atom is -0.456 e. The van der Waals surface area contributed by atoms with E-state index in [2.05, 4.69) is 294 Å². The van der Waals surface area contributed by atoms with Crippen LogP contribution in [0, 0.1) is 0 Å². The molecule has 0 amide bonds. The van der Waals surface area contributed by atoms with Crippen molar-refractivity contribution in [3.63, 3.8) is 0 Å². The molecule has 9 nitrogen and oxygen atoms in total. The number of benzene rings is 15. The van der Waals surface area contributed by atoms with E-state index in [0.29, 0.717) is 6.42 Å². The summed E-state index contributed by atoms with van der Waals surface area (Å²) in [5.41, 5.74) is 25.2. The second-order valence-corrected chi connectivity index (χ2v) is 28.1. The zero-order valence-corrected chi connectivity index (χ0v) is 56.4. The summed E-state index contributed by atoms with van der Waals surface area (Å²) in [6, 6.07) is 104. The van der Waals surface area contributed by atoms with E-state index in [1.165, 1.54) is 32.3 Å². The molecule has 9 aromatic heterocycles. The molecule has 0 aliphatic carbocycles. The van der Waals surface area contributed by atoms with Crippen LogP contribution in [0.4, 0.5) is 0 Å². The molecule has 490 valence electrons. The third kappa shape index (κ3) is 8.06. The molecule has 15 aromatic carbocycles. The van der Waals surface area contributed by atoms with Crippen LogP contribution >= 0.6 is 0 Å². The van der Waals surface area contributed by atoms with Crippen LogP contribution in [0.5, 0.6) is 0 Å². The maximum absolute atomic E-state index is 6.85. The second-order valence-electron chi connectivity index (χ2n) is 28.1. The van der Waals surface area contributed by atoms with Gasteiger partial charge in [0.15, 0.2) is 0 Å². The van der Waals surface area contributed by atoms with Crippen LogP contribution in [0.2, 0.25) is 0 Å². The molecule has 24 aromatic rings. The molecule has 0 unspecified atom stereocenters. The van der Waals surface area contributed by atoms with Crippen LogP contribution < -0.4 is 0 Å². The summed E-state index contributed by atoms with van der Waals surface area (Å²) in [5, 5.41) is 19.6. The quantitative estimate of drug-likeness (QED) is 0.141. The van der Waals surface area contributed by atoms with Gasteiger partial charge in [0, 0.05) is 114 Å². The van der Waals surface area contributed by atoms with E-state index < -0.39 is 0 Å². The van der Waals surface area contributed by atoms with Crippen LogP contribution in [-0.4, -0.2) is 13.7 Å². The van der Waals surface area contributed by atoms with Crippen LogP contribution in [0.25, 0.3) is 225 Å². The Kier molecular flexibility index (Phi) is 11.4. The molecular formula is C96H55N3O6. The topological polar surface area (TPSA) is 93.6 Å². The highest BCUT2D eigenvalue weighted by Crippen LogP contribution is 2.47. The van der Waals surface area contributed by atoms with Gasteiger partial charge in [0.25, 0.3) is 0 Å². The Morgan fingerprint density at radius 2 is 0.505 bits per heavy atom. The Bertz CT molecular complexity index is 7880. The van der Waals surface area contributed by atoms with Crippen molar-refractivity contribution in [2.45, 2.75) is 13.3 Å². The van der Waals surface area contributed by atoms with Gasteiger partial charge < -0.3 is 40.2 Å². The third-order valence-electron chi connectivity index (χ3n) is 22.4. The molecule has 0 N–H and O–H groups in total. The number of para-hydroxylation sites is 6. The summed E-state index contributed by atoms with van der Waals surface area (Å²) in [4.78, 5) is 0. The van der Waals surface area contributed by atoms with Gasteiger partial charge >= 0.3 is 0 Å². The fraction of sp³-hybridized carbons (Fsp3) is 0.0208. The molecule has 0 atom stereocenters. The van der Waals surface area contributed by atoms with Crippen molar-refractivity contribution < 1.29 is 26.5 Å². The summed E-state index contributed by atoms with van der Waals surface area (Å²) < 4.78 is 47.7. The molecule has 0 fully saturated rings. The first-order chi connectivity index (χ1) is 51.9. The average molecular weight is 1350 g/mol.